The molecule has 2 atom stereocenters. The van der Waals surface area contributed by atoms with Crippen LogP contribution in [0.15, 0.2) is 28.9 Å². The summed E-state index contributed by atoms with van der Waals surface area (Å²) >= 11 is 3.42. The number of hydrogen-bond acceptors (Lipinski definition) is 3. The van der Waals surface area contributed by atoms with Gasteiger partial charge in [-0.15, -0.1) is 0 Å². The molecule has 1 aromatic carbocycles. The van der Waals surface area contributed by atoms with Crippen LogP contribution in [0.25, 0.3) is 10.9 Å². The molecule has 24 heavy (non-hydrogen) atoms. The minimum absolute atomic E-state index is 0.0940. The Labute approximate surface area is 147 Å². The second-order valence-electron chi connectivity index (χ2n) is 6.01. The predicted molar refractivity (Wildman–Crippen MR) is 92.9 cm³/mol. The molecule has 2 aromatic rings. The smallest absolute Gasteiger partial charge is 0.326 e. The number of carboxylic acid groups (broad SMARTS) is 1. The van der Waals surface area contributed by atoms with Crippen LogP contribution in [-0.4, -0.2) is 40.7 Å². The van der Waals surface area contributed by atoms with E-state index in [0.717, 1.165) is 33.8 Å². The summed E-state index contributed by atoms with van der Waals surface area (Å²) in [6.45, 7) is 0.671. The molecule has 1 saturated heterocycles. The van der Waals surface area contributed by atoms with Gasteiger partial charge in [-0.05, 0) is 36.6 Å². The van der Waals surface area contributed by atoms with Crippen LogP contribution in [0.5, 0.6) is 0 Å². The zero-order valence-electron chi connectivity index (χ0n) is 13.0. The molecule has 0 unspecified atom stereocenters. The first-order valence-electron chi connectivity index (χ1n) is 7.92. The van der Waals surface area contributed by atoms with Crippen LogP contribution in [-0.2, 0) is 20.7 Å². The first-order valence-corrected chi connectivity index (χ1v) is 8.71. The molecular formula is C17H19BrN2O4. The number of nitrogens with one attached hydrogen (secondary N) is 2. The zero-order valence-corrected chi connectivity index (χ0v) is 14.6. The Morgan fingerprint density at radius 1 is 1.46 bits per heavy atom. The van der Waals surface area contributed by atoms with Crippen LogP contribution < -0.4 is 5.32 Å². The fraction of sp³-hybridized carbons (Fsp3) is 0.412. The predicted octanol–water partition coefficient (Wildman–Crippen LogP) is 2.61. The number of benzene rings is 1. The standard InChI is InChI=1S/C17H19BrN2O4/c18-11-3-4-14-13(7-11)10(9-19-14)6-15(17(22)23)20-16(21)8-12-2-1-5-24-12/h3-4,7,9,12,15,19H,1-2,5-6,8H2,(H,20,21)(H,22,23)/t12-,15+/m0/s1. The number of carboxylic acids is 1. The van der Waals surface area contributed by atoms with Crippen LogP contribution in [0.3, 0.4) is 0 Å². The highest BCUT2D eigenvalue weighted by Crippen LogP contribution is 2.24. The minimum atomic E-state index is -1.04. The Bertz CT molecular complexity index is 752. The molecule has 3 N–H and O–H groups in total. The number of ether oxygens (including phenoxy) is 1. The van der Waals surface area contributed by atoms with Gasteiger partial charge in [0.1, 0.15) is 6.04 Å². The van der Waals surface area contributed by atoms with Crippen molar-refractivity contribution in [2.75, 3.05) is 6.61 Å². The van der Waals surface area contributed by atoms with Crippen molar-refractivity contribution in [1.82, 2.24) is 10.3 Å². The SMILES string of the molecule is O=C(C[C@@H]1CCCO1)N[C@H](Cc1c[nH]c2ccc(Br)cc12)C(=O)O. The monoisotopic (exact) mass is 394 g/mol. The van der Waals surface area contributed by atoms with E-state index in [9.17, 15) is 14.7 Å². The third-order valence-corrected chi connectivity index (χ3v) is 4.72. The molecule has 128 valence electrons. The number of halogens is 1. The summed E-state index contributed by atoms with van der Waals surface area (Å²) in [6, 6.07) is 4.82. The molecule has 6 nitrogen and oxygen atoms in total. The van der Waals surface area contributed by atoms with Crippen LogP contribution in [0.2, 0.25) is 0 Å². The van der Waals surface area contributed by atoms with Gasteiger partial charge >= 0.3 is 5.97 Å². The van der Waals surface area contributed by atoms with Crippen molar-refractivity contribution in [3.8, 4) is 0 Å². The Hall–Kier alpha value is -1.86. The lowest BCUT2D eigenvalue weighted by atomic mass is 10.0. The molecule has 0 aliphatic carbocycles. The topological polar surface area (TPSA) is 91.4 Å². The number of rotatable bonds is 6. The van der Waals surface area contributed by atoms with Crippen molar-refractivity contribution < 1.29 is 19.4 Å². The van der Waals surface area contributed by atoms with Gasteiger partial charge in [0.25, 0.3) is 0 Å². The highest BCUT2D eigenvalue weighted by atomic mass is 79.9. The quantitative estimate of drug-likeness (QED) is 0.701. The van der Waals surface area contributed by atoms with Gasteiger partial charge in [0.15, 0.2) is 0 Å². The fourth-order valence-corrected chi connectivity index (χ4v) is 3.37. The first kappa shape index (κ1) is 17.0. The molecular weight excluding hydrogens is 376 g/mol. The number of fused-ring (bicyclic) bond motifs is 1. The average molecular weight is 395 g/mol. The van der Waals surface area contributed by atoms with Crippen molar-refractivity contribution in [2.45, 2.75) is 37.8 Å². The fourth-order valence-electron chi connectivity index (χ4n) is 3.00. The Kier molecular flexibility index (Phi) is 5.20. The summed E-state index contributed by atoms with van der Waals surface area (Å²) in [7, 11) is 0. The molecule has 1 aliphatic rings. The maximum absolute atomic E-state index is 12.1. The zero-order chi connectivity index (χ0) is 17.1. The Morgan fingerprint density at radius 2 is 2.29 bits per heavy atom. The minimum Gasteiger partial charge on any atom is -0.480 e. The van der Waals surface area contributed by atoms with Gasteiger partial charge in [-0.3, -0.25) is 4.79 Å². The number of carbonyl (C=O) groups is 2. The second-order valence-corrected chi connectivity index (χ2v) is 6.92. The molecule has 3 rings (SSSR count). The lowest BCUT2D eigenvalue weighted by Gasteiger charge is -2.16. The highest BCUT2D eigenvalue weighted by molar-refractivity contribution is 9.10. The summed E-state index contributed by atoms with van der Waals surface area (Å²) in [5, 5.41) is 13.0. The summed E-state index contributed by atoms with van der Waals surface area (Å²) in [4.78, 5) is 26.8. The molecule has 0 spiro atoms. The van der Waals surface area contributed by atoms with Gasteiger partial charge in [0.05, 0.1) is 12.5 Å². The van der Waals surface area contributed by atoms with E-state index in [0.29, 0.717) is 6.61 Å². The molecule has 1 amide bonds. The molecule has 1 aromatic heterocycles. The van der Waals surface area contributed by atoms with Crippen molar-refractivity contribution in [1.29, 1.82) is 0 Å². The van der Waals surface area contributed by atoms with Gasteiger partial charge < -0.3 is 20.1 Å². The van der Waals surface area contributed by atoms with Crippen molar-refractivity contribution in [2.24, 2.45) is 0 Å². The summed E-state index contributed by atoms with van der Waals surface area (Å²) < 4.78 is 6.35. The van der Waals surface area contributed by atoms with E-state index in [2.05, 4.69) is 26.2 Å². The number of amides is 1. The lowest BCUT2D eigenvalue weighted by Crippen LogP contribution is -2.43. The summed E-state index contributed by atoms with van der Waals surface area (Å²) in [6.07, 6.45) is 3.93. The largest absolute Gasteiger partial charge is 0.480 e. The molecule has 0 radical (unpaired) electrons. The molecule has 2 heterocycles. The van der Waals surface area contributed by atoms with Crippen molar-refractivity contribution in [3.05, 3.63) is 34.4 Å². The number of aliphatic carboxylic acids is 1. The van der Waals surface area contributed by atoms with Crippen LogP contribution in [0.1, 0.15) is 24.8 Å². The molecule has 0 saturated carbocycles. The average Bonchev–Trinajstić information content (AvgIpc) is 3.16. The number of carbonyl (C=O) groups excluding carboxylic acids is 1. The van der Waals surface area contributed by atoms with E-state index in [1.54, 1.807) is 6.20 Å². The van der Waals surface area contributed by atoms with E-state index >= 15 is 0 Å². The summed E-state index contributed by atoms with van der Waals surface area (Å²) in [5.41, 5.74) is 1.79. The normalized spacial score (nSPS) is 18.6. The third-order valence-electron chi connectivity index (χ3n) is 4.22. The van der Waals surface area contributed by atoms with Crippen LogP contribution in [0, 0.1) is 0 Å². The van der Waals surface area contributed by atoms with E-state index in [4.69, 9.17) is 4.74 Å². The highest BCUT2D eigenvalue weighted by Gasteiger charge is 2.25. The maximum Gasteiger partial charge on any atom is 0.326 e. The lowest BCUT2D eigenvalue weighted by molar-refractivity contribution is -0.142. The Balaban J connectivity index is 1.69. The molecule has 1 fully saturated rings. The van der Waals surface area contributed by atoms with Crippen molar-refractivity contribution >= 4 is 38.7 Å². The van der Waals surface area contributed by atoms with Gasteiger partial charge in [0, 0.05) is 34.6 Å². The number of H-pyrrole nitrogens is 1. The number of hydrogen-bond donors (Lipinski definition) is 3. The van der Waals surface area contributed by atoms with E-state index in [1.807, 2.05) is 18.2 Å². The number of aromatic amines is 1. The Morgan fingerprint density at radius 3 is 3.00 bits per heavy atom. The van der Waals surface area contributed by atoms with E-state index < -0.39 is 12.0 Å². The number of aromatic nitrogens is 1. The van der Waals surface area contributed by atoms with Crippen LogP contribution >= 0.6 is 15.9 Å². The maximum atomic E-state index is 12.1. The summed E-state index contributed by atoms with van der Waals surface area (Å²) in [5.74, 6) is -1.32. The third kappa shape index (κ3) is 3.96. The van der Waals surface area contributed by atoms with Gasteiger partial charge in [-0.2, -0.15) is 0 Å². The molecule has 7 heteroatoms. The van der Waals surface area contributed by atoms with Gasteiger partial charge in [-0.1, -0.05) is 15.9 Å². The molecule has 1 aliphatic heterocycles. The van der Waals surface area contributed by atoms with E-state index in [1.165, 1.54) is 0 Å². The van der Waals surface area contributed by atoms with E-state index in [-0.39, 0.29) is 24.9 Å². The van der Waals surface area contributed by atoms with Gasteiger partial charge in [0.2, 0.25) is 5.91 Å². The molecule has 0 bridgehead atoms. The second kappa shape index (κ2) is 7.36. The van der Waals surface area contributed by atoms with Crippen molar-refractivity contribution in [3.63, 3.8) is 0 Å². The van der Waals surface area contributed by atoms with Gasteiger partial charge in [-0.25, -0.2) is 4.79 Å². The first-order chi connectivity index (χ1) is 11.5. The van der Waals surface area contributed by atoms with Crippen LogP contribution in [0.4, 0.5) is 0 Å².